The van der Waals surface area contributed by atoms with Crippen molar-refractivity contribution >= 4 is 18.0 Å². The summed E-state index contributed by atoms with van der Waals surface area (Å²) in [6.07, 6.45) is -0.0134. The summed E-state index contributed by atoms with van der Waals surface area (Å²) < 4.78 is 4.66. The molecule has 2 fully saturated rings. The first-order valence-electron chi connectivity index (χ1n) is 7.60. The fourth-order valence-corrected chi connectivity index (χ4v) is 2.81. The Morgan fingerprint density at radius 3 is 2.27 bits per heavy atom. The van der Waals surface area contributed by atoms with Crippen LogP contribution in [0, 0.1) is 0 Å². The van der Waals surface area contributed by atoms with E-state index in [1.807, 2.05) is 13.8 Å². The lowest BCUT2D eigenvalue weighted by Gasteiger charge is -2.34. The van der Waals surface area contributed by atoms with Gasteiger partial charge in [-0.15, -0.1) is 0 Å². The van der Waals surface area contributed by atoms with E-state index in [0.29, 0.717) is 39.1 Å². The topological polar surface area (TPSA) is 82.2 Å². The summed E-state index contributed by atoms with van der Waals surface area (Å²) in [6, 6.07) is -0.160. The third-order valence-electron chi connectivity index (χ3n) is 4.11. The summed E-state index contributed by atoms with van der Waals surface area (Å²) in [5, 5.41) is 2.91. The summed E-state index contributed by atoms with van der Waals surface area (Å²) in [7, 11) is 1.35. The van der Waals surface area contributed by atoms with Crippen molar-refractivity contribution in [2.75, 3.05) is 39.8 Å². The van der Waals surface area contributed by atoms with Crippen molar-refractivity contribution in [3.63, 3.8) is 0 Å². The van der Waals surface area contributed by atoms with Gasteiger partial charge in [0.05, 0.1) is 13.2 Å². The largest absolute Gasteiger partial charge is 0.453 e. The number of rotatable bonds is 2. The maximum Gasteiger partial charge on any atom is 0.409 e. The molecule has 0 radical (unpaired) electrons. The van der Waals surface area contributed by atoms with E-state index in [0.717, 1.165) is 0 Å². The van der Waals surface area contributed by atoms with Gasteiger partial charge in [0.1, 0.15) is 0 Å². The molecular formula is C14H24N4O4. The Labute approximate surface area is 130 Å². The summed E-state index contributed by atoms with van der Waals surface area (Å²) in [6.45, 7) is 6.35. The zero-order valence-corrected chi connectivity index (χ0v) is 13.4. The third-order valence-corrected chi connectivity index (χ3v) is 4.11. The molecular weight excluding hydrogens is 288 g/mol. The molecule has 2 saturated heterocycles. The highest BCUT2D eigenvalue weighted by Crippen LogP contribution is 2.15. The van der Waals surface area contributed by atoms with Crippen LogP contribution in [0.5, 0.6) is 0 Å². The molecule has 4 amide bonds. The van der Waals surface area contributed by atoms with Gasteiger partial charge in [0, 0.05) is 45.2 Å². The van der Waals surface area contributed by atoms with Gasteiger partial charge in [-0.2, -0.15) is 0 Å². The first-order chi connectivity index (χ1) is 10.4. The number of hydrogen-bond acceptors (Lipinski definition) is 4. The number of nitrogens with one attached hydrogen (secondary N) is 1. The molecule has 0 aliphatic carbocycles. The highest BCUT2D eigenvalue weighted by Gasteiger charge is 2.33. The molecule has 0 saturated carbocycles. The lowest BCUT2D eigenvalue weighted by atomic mass is 10.2. The number of carbonyl (C=O) groups is 3. The van der Waals surface area contributed by atoms with Gasteiger partial charge >= 0.3 is 12.1 Å². The van der Waals surface area contributed by atoms with E-state index < -0.39 is 0 Å². The lowest BCUT2D eigenvalue weighted by Crippen LogP contribution is -2.54. The second-order valence-corrected chi connectivity index (χ2v) is 5.93. The number of piperazine rings is 1. The Bertz CT molecular complexity index is 446. The summed E-state index contributed by atoms with van der Waals surface area (Å²) in [5.41, 5.74) is 0. The van der Waals surface area contributed by atoms with Crippen molar-refractivity contribution in [2.45, 2.75) is 32.4 Å². The monoisotopic (exact) mass is 312 g/mol. The third kappa shape index (κ3) is 3.61. The standard InChI is InChI=1S/C14H24N4O4/c1-10(2)18-9-11(8-12(18)19)15-13(20)16-4-6-17(7-5-16)14(21)22-3/h10-11H,4-9H2,1-3H3,(H,15,20). The van der Waals surface area contributed by atoms with Crippen LogP contribution in [-0.4, -0.2) is 84.6 Å². The Morgan fingerprint density at radius 1 is 1.18 bits per heavy atom. The Balaban J connectivity index is 1.80. The maximum atomic E-state index is 12.2. The van der Waals surface area contributed by atoms with Crippen molar-refractivity contribution in [2.24, 2.45) is 0 Å². The minimum absolute atomic E-state index is 0.0795. The molecule has 124 valence electrons. The SMILES string of the molecule is COC(=O)N1CCN(C(=O)NC2CC(=O)N(C(C)C)C2)CC1. The van der Waals surface area contributed by atoms with Gasteiger partial charge in [0.2, 0.25) is 5.91 Å². The maximum absolute atomic E-state index is 12.2. The van der Waals surface area contributed by atoms with Crippen molar-refractivity contribution in [1.82, 2.24) is 20.0 Å². The Kier molecular flexibility index (Phi) is 5.10. The second kappa shape index (κ2) is 6.85. The van der Waals surface area contributed by atoms with E-state index in [4.69, 9.17) is 0 Å². The number of ether oxygens (including phenoxy) is 1. The molecule has 1 atom stereocenters. The van der Waals surface area contributed by atoms with E-state index in [1.54, 1.807) is 14.7 Å². The predicted molar refractivity (Wildman–Crippen MR) is 79.3 cm³/mol. The highest BCUT2D eigenvalue weighted by atomic mass is 16.5. The number of hydrogen-bond donors (Lipinski definition) is 1. The molecule has 8 nitrogen and oxygen atoms in total. The van der Waals surface area contributed by atoms with Crippen LogP contribution in [0.15, 0.2) is 0 Å². The molecule has 8 heteroatoms. The van der Waals surface area contributed by atoms with Crippen molar-refractivity contribution in [3.05, 3.63) is 0 Å². The zero-order chi connectivity index (χ0) is 16.3. The smallest absolute Gasteiger partial charge is 0.409 e. The predicted octanol–water partition coefficient (Wildman–Crippen LogP) is 0.0893. The lowest BCUT2D eigenvalue weighted by molar-refractivity contribution is -0.129. The van der Waals surface area contributed by atoms with Crippen molar-refractivity contribution in [1.29, 1.82) is 0 Å². The zero-order valence-electron chi connectivity index (χ0n) is 13.4. The molecule has 1 N–H and O–H groups in total. The number of urea groups is 1. The van der Waals surface area contributed by atoms with Gasteiger partial charge in [-0.05, 0) is 13.8 Å². The Hall–Kier alpha value is -1.99. The molecule has 2 aliphatic rings. The van der Waals surface area contributed by atoms with E-state index in [9.17, 15) is 14.4 Å². The molecule has 22 heavy (non-hydrogen) atoms. The Morgan fingerprint density at radius 2 is 1.77 bits per heavy atom. The highest BCUT2D eigenvalue weighted by molar-refractivity contribution is 5.82. The molecule has 2 aliphatic heterocycles. The number of methoxy groups -OCH3 is 1. The van der Waals surface area contributed by atoms with Crippen LogP contribution in [0.1, 0.15) is 20.3 Å². The van der Waals surface area contributed by atoms with Crippen molar-refractivity contribution < 1.29 is 19.1 Å². The summed E-state index contributed by atoms with van der Waals surface area (Å²) in [5.74, 6) is 0.0795. The average Bonchev–Trinajstić information content (AvgIpc) is 2.87. The van der Waals surface area contributed by atoms with Gasteiger partial charge in [-0.1, -0.05) is 0 Å². The van der Waals surface area contributed by atoms with Crippen LogP contribution >= 0.6 is 0 Å². The molecule has 2 heterocycles. The molecule has 0 aromatic carbocycles. The number of amides is 4. The molecule has 1 unspecified atom stereocenters. The van der Waals surface area contributed by atoms with E-state index in [-0.39, 0.29) is 30.1 Å². The first-order valence-corrected chi connectivity index (χ1v) is 7.60. The number of likely N-dealkylation sites (tertiary alicyclic amines) is 1. The molecule has 2 rings (SSSR count). The normalized spacial score (nSPS) is 22.3. The fraction of sp³-hybridized carbons (Fsp3) is 0.786. The number of carbonyl (C=O) groups excluding carboxylic acids is 3. The molecule has 0 aromatic heterocycles. The van der Waals surface area contributed by atoms with Crippen molar-refractivity contribution in [3.8, 4) is 0 Å². The molecule has 0 aromatic rings. The number of nitrogens with zero attached hydrogens (tertiary/aromatic N) is 3. The van der Waals surface area contributed by atoms with Crippen LogP contribution < -0.4 is 5.32 Å². The van der Waals surface area contributed by atoms with Crippen LogP contribution in [0.4, 0.5) is 9.59 Å². The molecule has 0 spiro atoms. The average molecular weight is 312 g/mol. The van der Waals surface area contributed by atoms with Crippen LogP contribution in [0.2, 0.25) is 0 Å². The van der Waals surface area contributed by atoms with E-state index in [2.05, 4.69) is 10.1 Å². The fourth-order valence-electron chi connectivity index (χ4n) is 2.81. The van der Waals surface area contributed by atoms with Gasteiger partial charge in [0.25, 0.3) is 0 Å². The first kappa shape index (κ1) is 16.4. The van der Waals surface area contributed by atoms with Crippen LogP contribution in [0.3, 0.4) is 0 Å². The quantitative estimate of drug-likeness (QED) is 0.783. The van der Waals surface area contributed by atoms with Gasteiger partial charge in [-0.25, -0.2) is 9.59 Å². The summed E-state index contributed by atoms with van der Waals surface area (Å²) in [4.78, 5) is 40.5. The van der Waals surface area contributed by atoms with E-state index in [1.165, 1.54) is 7.11 Å². The molecule has 0 bridgehead atoms. The van der Waals surface area contributed by atoms with Crippen LogP contribution in [0.25, 0.3) is 0 Å². The minimum Gasteiger partial charge on any atom is -0.453 e. The van der Waals surface area contributed by atoms with E-state index >= 15 is 0 Å². The van der Waals surface area contributed by atoms with Gasteiger partial charge < -0.3 is 24.8 Å². The minimum atomic E-state index is -0.367. The van der Waals surface area contributed by atoms with Gasteiger partial charge in [-0.3, -0.25) is 4.79 Å². The summed E-state index contributed by atoms with van der Waals surface area (Å²) >= 11 is 0. The second-order valence-electron chi connectivity index (χ2n) is 5.93. The van der Waals surface area contributed by atoms with Gasteiger partial charge in [0.15, 0.2) is 0 Å². The van der Waals surface area contributed by atoms with Crippen LogP contribution in [-0.2, 0) is 9.53 Å².